The maximum Gasteiger partial charge on any atom is 0.167 e. The highest BCUT2D eigenvalue weighted by atomic mass is 79.9. The standard InChI is InChI=1S/C25H22BrNO3/c1-24(2)7-15-16(11-27)23-21-13(20(15)17(28)8-24)5-12(26)6-14(21)22-18(29)9-25(3,4)10-19(22)30-23/h5-6H,7-10H2,1-4H3. The third-order valence-electron chi connectivity index (χ3n) is 6.45. The van der Waals surface area contributed by atoms with Crippen LogP contribution in [-0.4, -0.2) is 11.6 Å². The topological polar surface area (TPSA) is 67.2 Å². The van der Waals surface area contributed by atoms with Gasteiger partial charge in [-0.3, -0.25) is 9.59 Å². The molecule has 0 aromatic heterocycles. The number of fused-ring (bicyclic) bond motifs is 3. The SMILES string of the molecule is CC1(C)CC(=O)C2=C(C1)Oc1c(C#N)c3c(c4cc(Br)cc2c14)C(=O)CC(C)(C)C3. The van der Waals surface area contributed by atoms with Gasteiger partial charge < -0.3 is 4.74 Å². The van der Waals surface area contributed by atoms with E-state index in [0.717, 1.165) is 21.0 Å². The second kappa shape index (κ2) is 6.04. The molecule has 4 nitrogen and oxygen atoms in total. The van der Waals surface area contributed by atoms with E-state index in [4.69, 9.17) is 4.74 Å². The van der Waals surface area contributed by atoms with Crippen molar-refractivity contribution in [1.29, 1.82) is 5.26 Å². The van der Waals surface area contributed by atoms with E-state index in [2.05, 4.69) is 49.7 Å². The summed E-state index contributed by atoms with van der Waals surface area (Å²) in [6, 6.07) is 6.17. The number of rotatable bonds is 0. The summed E-state index contributed by atoms with van der Waals surface area (Å²) in [7, 11) is 0. The molecular weight excluding hydrogens is 442 g/mol. The molecule has 2 aromatic rings. The Kier molecular flexibility index (Phi) is 3.93. The fourth-order valence-electron chi connectivity index (χ4n) is 5.35. The summed E-state index contributed by atoms with van der Waals surface area (Å²) in [6.45, 7) is 8.23. The molecule has 2 aromatic carbocycles. The number of allylic oxidation sites excluding steroid dienone is 2. The molecule has 0 spiro atoms. The molecule has 0 atom stereocenters. The van der Waals surface area contributed by atoms with E-state index < -0.39 is 0 Å². The fraction of sp³-hybridized carbons (Fsp3) is 0.400. The molecule has 152 valence electrons. The van der Waals surface area contributed by atoms with Gasteiger partial charge in [0.25, 0.3) is 0 Å². The molecular formula is C25H22BrNO3. The number of carbonyl (C=O) groups excluding carboxylic acids is 2. The largest absolute Gasteiger partial charge is 0.459 e. The van der Waals surface area contributed by atoms with Crippen LogP contribution in [-0.2, 0) is 11.2 Å². The van der Waals surface area contributed by atoms with Crippen molar-refractivity contribution in [1.82, 2.24) is 0 Å². The van der Waals surface area contributed by atoms with Gasteiger partial charge >= 0.3 is 0 Å². The van der Waals surface area contributed by atoms with Gasteiger partial charge in [-0.05, 0) is 40.3 Å². The van der Waals surface area contributed by atoms with E-state index in [9.17, 15) is 14.9 Å². The second-order valence-corrected chi connectivity index (χ2v) is 11.2. The second-order valence-electron chi connectivity index (χ2n) is 10.3. The molecule has 30 heavy (non-hydrogen) atoms. The van der Waals surface area contributed by atoms with Crippen LogP contribution >= 0.6 is 15.9 Å². The van der Waals surface area contributed by atoms with Gasteiger partial charge in [0.1, 0.15) is 11.8 Å². The van der Waals surface area contributed by atoms with Crippen molar-refractivity contribution in [2.45, 2.75) is 53.4 Å². The van der Waals surface area contributed by atoms with E-state index in [0.29, 0.717) is 59.3 Å². The molecule has 1 aliphatic heterocycles. The van der Waals surface area contributed by atoms with E-state index in [-0.39, 0.29) is 22.4 Å². The molecule has 2 aliphatic carbocycles. The molecule has 5 rings (SSSR count). The minimum atomic E-state index is -0.215. The van der Waals surface area contributed by atoms with Crippen molar-refractivity contribution < 1.29 is 14.3 Å². The first-order valence-corrected chi connectivity index (χ1v) is 11.0. The Morgan fingerprint density at radius 3 is 2.37 bits per heavy atom. The zero-order valence-electron chi connectivity index (χ0n) is 17.5. The number of benzene rings is 2. The maximum absolute atomic E-state index is 13.2. The molecule has 0 amide bonds. The van der Waals surface area contributed by atoms with Gasteiger partial charge in [-0.25, -0.2) is 0 Å². The van der Waals surface area contributed by atoms with Gasteiger partial charge in [-0.2, -0.15) is 5.26 Å². The van der Waals surface area contributed by atoms with E-state index in [1.54, 1.807) is 0 Å². The minimum absolute atomic E-state index is 0.0456. The third-order valence-corrected chi connectivity index (χ3v) is 6.90. The van der Waals surface area contributed by atoms with Crippen LogP contribution in [0.25, 0.3) is 16.3 Å². The molecule has 0 saturated carbocycles. The zero-order valence-corrected chi connectivity index (χ0v) is 19.1. The van der Waals surface area contributed by atoms with Gasteiger partial charge in [-0.1, -0.05) is 43.6 Å². The minimum Gasteiger partial charge on any atom is -0.459 e. The number of carbonyl (C=O) groups is 2. The van der Waals surface area contributed by atoms with Crippen LogP contribution in [0.5, 0.6) is 5.75 Å². The van der Waals surface area contributed by atoms with Crippen molar-refractivity contribution in [3.05, 3.63) is 44.6 Å². The molecule has 1 heterocycles. The molecule has 0 N–H and O–H groups in total. The van der Waals surface area contributed by atoms with E-state index in [1.165, 1.54) is 0 Å². The lowest BCUT2D eigenvalue weighted by Crippen LogP contribution is -2.31. The van der Waals surface area contributed by atoms with Crippen LogP contribution in [0.4, 0.5) is 0 Å². The van der Waals surface area contributed by atoms with Gasteiger partial charge in [0.15, 0.2) is 17.3 Å². The number of Topliss-reactive ketones (excluding diaryl/α,β-unsaturated/α-hetero) is 2. The number of hydrogen-bond acceptors (Lipinski definition) is 4. The predicted octanol–water partition coefficient (Wildman–Crippen LogP) is 6.12. The number of halogens is 1. The quantitative estimate of drug-likeness (QED) is 0.471. The Labute approximate surface area is 184 Å². The first kappa shape index (κ1) is 19.5. The molecule has 0 saturated heterocycles. The monoisotopic (exact) mass is 463 g/mol. The van der Waals surface area contributed by atoms with Crippen LogP contribution in [0.2, 0.25) is 0 Å². The van der Waals surface area contributed by atoms with Gasteiger partial charge in [0.2, 0.25) is 0 Å². The summed E-state index contributed by atoms with van der Waals surface area (Å²) >= 11 is 3.59. The molecule has 0 radical (unpaired) electrons. The lowest BCUT2D eigenvalue weighted by atomic mass is 9.69. The smallest absolute Gasteiger partial charge is 0.167 e. The summed E-state index contributed by atoms with van der Waals surface area (Å²) in [5.74, 6) is 1.24. The molecule has 0 unspecified atom stereocenters. The average Bonchev–Trinajstić information content (AvgIpc) is 2.58. The molecule has 0 fully saturated rings. The fourth-order valence-corrected chi connectivity index (χ4v) is 5.81. The lowest BCUT2D eigenvalue weighted by molar-refractivity contribution is -0.116. The van der Waals surface area contributed by atoms with Crippen LogP contribution in [0.3, 0.4) is 0 Å². The Morgan fingerprint density at radius 2 is 1.67 bits per heavy atom. The van der Waals surface area contributed by atoms with Gasteiger partial charge in [0, 0.05) is 40.2 Å². The normalized spacial score (nSPS) is 21.1. The van der Waals surface area contributed by atoms with Crippen LogP contribution in [0.1, 0.15) is 74.0 Å². The third kappa shape index (κ3) is 2.70. The van der Waals surface area contributed by atoms with Crippen molar-refractivity contribution in [2.75, 3.05) is 0 Å². The maximum atomic E-state index is 13.2. The van der Waals surface area contributed by atoms with Crippen molar-refractivity contribution in [3.63, 3.8) is 0 Å². The van der Waals surface area contributed by atoms with Crippen LogP contribution < -0.4 is 4.74 Å². The number of ketones is 2. The van der Waals surface area contributed by atoms with Crippen molar-refractivity contribution in [3.8, 4) is 11.8 Å². The van der Waals surface area contributed by atoms with E-state index >= 15 is 0 Å². The Balaban J connectivity index is 1.93. The first-order valence-electron chi connectivity index (χ1n) is 10.2. The molecule has 3 aliphatic rings. The number of hydrogen-bond donors (Lipinski definition) is 0. The van der Waals surface area contributed by atoms with E-state index in [1.807, 2.05) is 12.1 Å². The summed E-state index contributed by atoms with van der Waals surface area (Å²) in [4.78, 5) is 26.3. The van der Waals surface area contributed by atoms with Gasteiger partial charge in [-0.15, -0.1) is 0 Å². The summed E-state index contributed by atoms with van der Waals surface area (Å²) < 4.78 is 7.17. The highest BCUT2D eigenvalue weighted by Crippen LogP contribution is 2.52. The lowest BCUT2D eigenvalue weighted by Gasteiger charge is -2.37. The highest BCUT2D eigenvalue weighted by molar-refractivity contribution is 9.10. The Morgan fingerprint density at radius 1 is 1.00 bits per heavy atom. The Hall–Kier alpha value is -2.45. The summed E-state index contributed by atoms with van der Waals surface area (Å²) in [6.07, 6.45) is 2.15. The average molecular weight is 464 g/mol. The number of nitriles is 1. The Bertz CT molecular complexity index is 1270. The predicted molar refractivity (Wildman–Crippen MR) is 118 cm³/mol. The van der Waals surface area contributed by atoms with Crippen molar-refractivity contribution >= 4 is 43.8 Å². The summed E-state index contributed by atoms with van der Waals surface area (Å²) in [5.41, 5.74) is 2.78. The number of ether oxygens (including phenoxy) is 1. The van der Waals surface area contributed by atoms with Gasteiger partial charge in [0.05, 0.1) is 11.1 Å². The van der Waals surface area contributed by atoms with Crippen LogP contribution in [0, 0.1) is 22.2 Å². The molecule has 5 heteroatoms. The number of nitrogens with zero attached hydrogens (tertiary/aromatic N) is 1. The van der Waals surface area contributed by atoms with Crippen LogP contribution in [0.15, 0.2) is 22.4 Å². The highest BCUT2D eigenvalue weighted by Gasteiger charge is 2.42. The van der Waals surface area contributed by atoms with Crippen molar-refractivity contribution in [2.24, 2.45) is 10.8 Å². The summed E-state index contributed by atoms with van der Waals surface area (Å²) in [5, 5.41) is 11.6. The zero-order chi connectivity index (χ0) is 21.6. The molecule has 0 bridgehead atoms. The first-order chi connectivity index (χ1) is 14.0.